The van der Waals surface area contributed by atoms with Crippen molar-refractivity contribution in [2.45, 2.75) is 19.9 Å². The first-order chi connectivity index (χ1) is 12.3. The van der Waals surface area contributed by atoms with Gasteiger partial charge in [0.05, 0.1) is 5.69 Å². The van der Waals surface area contributed by atoms with E-state index in [0.29, 0.717) is 0 Å². The van der Waals surface area contributed by atoms with Crippen molar-refractivity contribution in [1.29, 1.82) is 0 Å². The Labute approximate surface area is 149 Å². The number of nitrogens with two attached hydrogens (primary N) is 1. The topological polar surface area (TPSA) is 42.2 Å². The molecular weight excluding hydrogens is 306 g/mol. The molecule has 0 saturated heterocycles. The number of nitrogen functional groups attached to an aromatic ring is 1. The first-order valence-electron chi connectivity index (χ1n) is 8.91. The van der Waals surface area contributed by atoms with Gasteiger partial charge in [0.2, 0.25) is 0 Å². The molecule has 0 aliphatic carbocycles. The van der Waals surface area contributed by atoms with Gasteiger partial charge in [0.1, 0.15) is 0 Å². The summed E-state index contributed by atoms with van der Waals surface area (Å²) in [5, 5.41) is 0. The Balaban J connectivity index is 1.95. The first-order valence-corrected chi connectivity index (χ1v) is 8.91. The average molecular weight is 329 g/mol. The number of rotatable bonds is 3. The second-order valence-corrected chi connectivity index (χ2v) is 6.54. The van der Waals surface area contributed by atoms with Gasteiger partial charge in [-0.05, 0) is 53.4 Å². The lowest BCUT2D eigenvalue weighted by Crippen LogP contribution is -2.31. The average Bonchev–Trinajstić information content (AvgIpc) is 2.69. The van der Waals surface area contributed by atoms with Crippen molar-refractivity contribution < 1.29 is 0 Å². The Hall–Kier alpha value is -2.65. The van der Waals surface area contributed by atoms with Gasteiger partial charge >= 0.3 is 0 Å². The maximum Gasteiger partial charge on any atom is 0.0722 e. The molecule has 2 aromatic carbocycles. The highest BCUT2D eigenvalue weighted by atomic mass is 15.1. The summed E-state index contributed by atoms with van der Waals surface area (Å²) in [6, 6.07) is 18.8. The number of likely N-dealkylation sites (N-methyl/N-ethyl adjacent to an activating group) is 1. The molecule has 0 amide bonds. The highest BCUT2D eigenvalue weighted by molar-refractivity contribution is 5.85. The van der Waals surface area contributed by atoms with Crippen molar-refractivity contribution in [1.82, 2.24) is 9.88 Å². The van der Waals surface area contributed by atoms with Crippen LogP contribution in [0.2, 0.25) is 0 Å². The van der Waals surface area contributed by atoms with Crippen molar-refractivity contribution in [3.63, 3.8) is 0 Å². The van der Waals surface area contributed by atoms with E-state index >= 15 is 0 Å². The van der Waals surface area contributed by atoms with Crippen LogP contribution in [0.3, 0.4) is 0 Å². The third-order valence-corrected chi connectivity index (χ3v) is 5.13. The molecule has 0 radical (unpaired) electrons. The van der Waals surface area contributed by atoms with Gasteiger partial charge in [0, 0.05) is 30.5 Å². The van der Waals surface area contributed by atoms with Crippen LogP contribution in [0.1, 0.15) is 18.1 Å². The zero-order valence-corrected chi connectivity index (χ0v) is 14.6. The molecule has 0 saturated carbocycles. The van der Waals surface area contributed by atoms with Crippen LogP contribution in [0.25, 0.3) is 22.4 Å². The fraction of sp³-hybridized carbons (Fsp3) is 0.227. The zero-order chi connectivity index (χ0) is 17.2. The minimum absolute atomic E-state index is 0.881. The lowest BCUT2D eigenvalue weighted by Gasteiger charge is -2.31. The highest BCUT2D eigenvalue weighted by Gasteiger charge is 2.23. The van der Waals surface area contributed by atoms with E-state index in [9.17, 15) is 0 Å². The number of fused-ring (bicyclic) bond motifs is 1. The van der Waals surface area contributed by atoms with E-state index in [4.69, 9.17) is 5.73 Å². The van der Waals surface area contributed by atoms with Crippen LogP contribution in [-0.4, -0.2) is 23.0 Å². The molecule has 4 rings (SSSR count). The van der Waals surface area contributed by atoms with Gasteiger partial charge in [0.15, 0.2) is 0 Å². The largest absolute Gasteiger partial charge is 0.398 e. The number of pyridine rings is 1. The molecule has 25 heavy (non-hydrogen) atoms. The standard InChI is InChI=1S/C22H23N3/c1-2-25-13-11-17-18(16-8-4-3-5-9-16)14-19(22(23)20(17)15-25)21-10-6-7-12-24-21/h3-10,12,14H,2,11,13,15,23H2,1H3. The molecule has 3 heteroatoms. The van der Waals surface area contributed by atoms with Crippen molar-refractivity contribution in [3.8, 4) is 22.4 Å². The van der Waals surface area contributed by atoms with E-state index in [0.717, 1.165) is 43.0 Å². The number of aromatic nitrogens is 1. The van der Waals surface area contributed by atoms with Crippen molar-refractivity contribution in [3.05, 3.63) is 71.9 Å². The number of hydrogen-bond acceptors (Lipinski definition) is 3. The Morgan fingerprint density at radius 3 is 2.52 bits per heavy atom. The predicted molar refractivity (Wildman–Crippen MR) is 104 cm³/mol. The van der Waals surface area contributed by atoms with E-state index in [1.807, 2.05) is 24.4 Å². The van der Waals surface area contributed by atoms with Gasteiger partial charge in [-0.2, -0.15) is 0 Å². The van der Waals surface area contributed by atoms with Gasteiger partial charge in [-0.25, -0.2) is 0 Å². The third kappa shape index (κ3) is 2.92. The van der Waals surface area contributed by atoms with E-state index in [2.05, 4.69) is 53.2 Å². The molecule has 0 atom stereocenters. The van der Waals surface area contributed by atoms with Crippen LogP contribution in [0.15, 0.2) is 60.8 Å². The summed E-state index contributed by atoms with van der Waals surface area (Å²) in [5.74, 6) is 0. The van der Waals surface area contributed by atoms with Crippen LogP contribution in [-0.2, 0) is 13.0 Å². The second kappa shape index (κ2) is 6.69. The molecular formula is C22H23N3. The molecule has 1 aliphatic heterocycles. The Morgan fingerprint density at radius 1 is 1.00 bits per heavy atom. The Bertz CT molecular complexity index is 873. The maximum absolute atomic E-state index is 6.63. The summed E-state index contributed by atoms with van der Waals surface area (Å²) in [6.07, 6.45) is 2.87. The fourth-order valence-corrected chi connectivity index (χ4v) is 3.71. The molecule has 0 bridgehead atoms. The molecule has 1 aromatic heterocycles. The molecule has 0 unspecified atom stereocenters. The van der Waals surface area contributed by atoms with Crippen LogP contribution in [0, 0.1) is 0 Å². The molecule has 126 valence electrons. The predicted octanol–water partition coefficient (Wildman–Crippen LogP) is 4.38. The first kappa shape index (κ1) is 15.9. The van der Waals surface area contributed by atoms with Gasteiger partial charge < -0.3 is 5.73 Å². The summed E-state index contributed by atoms with van der Waals surface area (Å²) in [6.45, 7) is 5.26. The summed E-state index contributed by atoms with van der Waals surface area (Å²) >= 11 is 0. The molecule has 3 aromatic rings. The minimum Gasteiger partial charge on any atom is -0.398 e. The highest BCUT2D eigenvalue weighted by Crippen LogP contribution is 2.39. The molecule has 0 spiro atoms. The van der Waals surface area contributed by atoms with Crippen molar-refractivity contribution in [2.24, 2.45) is 0 Å². The monoisotopic (exact) mass is 329 g/mol. The molecule has 3 nitrogen and oxygen atoms in total. The van der Waals surface area contributed by atoms with Gasteiger partial charge in [0.25, 0.3) is 0 Å². The number of nitrogens with zero attached hydrogens (tertiary/aromatic N) is 2. The lowest BCUT2D eigenvalue weighted by molar-refractivity contribution is 0.269. The molecule has 1 aliphatic rings. The summed E-state index contributed by atoms with van der Waals surface area (Å²) in [7, 11) is 0. The Morgan fingerprint density at radius 2 is 1.80 bits per heavy atom. The van der Waals surface area contributed by atoms with E-state index in [1.54, 1.807) is 0 Å². The van der Waals surface area contributed by atoms with Gasteiger partial charge in [-0.15, -0.1) is 0 Å². The zero-order valence-electron chi connectivity index (χ0n) is 14.6. The second-order valence-electron chi connectivity index (χ2n) is 6.54. The van der Waals surface area contributed by atoms with Crippen LogP contribution in [0.4, 0.5) is 5.69 Å². The molecule has 2 heterocycles. The van der Waals surface area contributed by atoms with Crippen LogP contribution < -0.4 is 5.73 Å². The van der Waals surface area contributed by atoms with E-state index < -0.39 is 0 Å². The van der Waals surface area contributed by atoms with Gasteiger partial charge in [-0.1, -0.05) is 43.3 Å². The lowest BCUT2D eigenvalue weighted by atomic mass is 9.86. The van der Waals surface area contributed by atoms with Crippen molar-refractivity contribution >= 4 is 5.69 Å². The Kier molecular flexibility index (Phi) is 4.24. The summed E-state index contributed by atoms with van der Waals surface area (Å²) < 4.78 is 0. The third-order valence-electron chi connectivity index (χ3n) is 5.13. The summed E-state index contributed by atoms with van der Waals surface area (Å²) in [5.41, 5.74) is 14.7. The van der Waals surface area contributed by atoms with Crippen LogP contribution in [0.5, 0.6) is 0 Å². The SMILES string of the molecule is CCN1CCc2c(-c3ccccc3)cc(-c3ccccn3)c(N)c2C1. The summed E-state index contributed by atoms with van der Waals surface area (Å²) in [4.78, 5) is 6.99. The molecule has 0 fully saturated rings. The smallest absolute Gasteiger partial charge is 0.0722 e. The van der Waals surface area contributed by atoms with Crippen molar-refractivity contribution in [2.75, 3.05) is 18.8 Å². The number of benzene rings is 2. The van der Waals surface area contributed by atoms with E-state index in [1.165, 1.54) is 22.3 Å². The maximum atomic E-state index is 6.63. The minimum atomic E-state index is 0.881. The normalized spacial score (nSPS) is 14.3. The van der Waals surface area contributed by atoms with Gasteiger partial charge in [-0.3, -0.25) is 9.88 Å². The fourth-order valence-electron chi connectivity index (χ4n) is 3.71. The van der Waals surface area contributed by atoms with Crippen LogP contribution >= 0.6 is 0 Å². The number of hydrogen-bond donors (Lipinski definition) is 1. The quantitative estimate of drug-likeness (QED) is 0.725. The van der Waals surface area contributed by atoms with E-state index in [-0.39, 0.29) is 0 Å². The number of anilines is 1. The molecule has 2 N–H and O–H groups in total.